The number of carbonyl (C=O) groups excluding carboxylic acids is 2. The van der Waals surface area contributed by atoms with Crippen LogP contribution in [0.25, 0.3) is 0 Å². The van der Waals surface area contributed by atoms with E-state index in [1.54, 1.807) is 4.90 Å². The molecule has 2 aliphatic heterocycles. The summed E-state index contributed by atoms with van der Waals surface area (Å²) in [5, 5.41) is 2.41. The second kappa shape index (κ2) is 5.73. The summed E-state index contributed by atoms with van der Waals surface area (Å²) in [7, 11) is 0. The van der Waals surface area contributed by atoms with Gasteiger partial charge in [0.05, 0.1) is 6.42 Å². The van der Waals surface area contributed by atoms with Gasteiger partial charge in [0.2, 0.25) is 5.91 Å². The number of benzene rings is 1. The van der Waals surface area contributed by atoms with E-state index in [0.717, 1.165) is 32.7 Å². The average molecular weight is 275 g/mol. The summed E-state index contributed by atoms with van der Waals surface area (Å²) in [5.41, 5.74) is 1.36. The highest BCUT2D eigenvalue weighted by Crippen LogP contribution is 1.98. The molecule has 3 N–H and O–H groups in total. The van der Waals surface area contributed by atoms with Gasteiger partial charge in [0.25, 0.3) is 5.91 Å². The van der Waals surface area contributed by atoms with E-state index in [2.05, 4.69) is 29.6 Å². The van der Waals surface area contributed by atoms with Crippen molar-refractivity contribution in [1.29, 1.82) is 0 Å². The Morgan fingerprint density at radius 1 is 1.05 bits per heavy atom. The highest BCUT2D eigenvalue weighted by atomic mass is 16.2. The first-order valence-corrected chi connectivity index (χ1v) is 7.28. The van der Waals surface area contributed by atoms with Gasteiger partial charge in [-0.1, -0.05) is 30.3 Å². The number of carbonyl (C=O) groups is 2. The summed E-state index contributed by atoms with van der Waals surface area (Å²) in [4.78, 5) is 25.8. The lowest BCUT2D eigenvalue weighted by atomic mass is 10.1. The van der Waals surface area contributed by atoms with Crippen LogP contribution in [0.2, 0.25) is 0 Å². The van der Waals surface area contributed by atoms with E-state index >= 15 is 0 Å². The maximum atomic E-state index is 11.7. The van der Waals surface area contributed by atoms with Crippen LogP contribution < -0.4 is 15.1 Å². The minimum Gasteiger partial charge on any atom is -0.322 e. The highest BCUT2D eigenvalue weighted by Gasteiger charge is 2.40. The fourth-order valence-corrected chi connectivity index (χ4v) is 3.22. The summed E-state index contributed by atoms with van der Waals surface area (Å²) in [6, 6.07) is 10.4. The highest BCUT2D eigenvalue weighted by molar-refractivity contribution is 6.04. The maximum Gasteiger partial charge on any atom is 0.285 e. The number of quaternary nitrogens is 2. The van der Waals surface area contributed by atoms with E-state index in [1.807, 2.05) is 6.07 Å². The molecule has 0 bridgehead atoms. The first kappa shape index (κ1) is 13.3. The van der Waals surface area contributed by atoms with Gasteiger partial charge in [-0.2, -0.15) is 0 Å². The van der Waals surface area contributed by atoms with Gasteiger partial charge in [0, 0.05) is 5.56 Å². The minimum atomic E-state index is -0.152. The van der Waals surface area contributed by atoms with E-state index in [9.17, 15) is 9.59 Å². The summed E-state index contributed by atoms with van der Waals surface area (Å²) < 4.78 is 0. The third kappa shape index (κ3) is 2.89. The molecule has 2 heterocycles. The van der Waals surface area contributed by atoms with Crippen LogP contribution in [0.4, 0.5) is 0 Å². The largest absolute Gasteiger partial charge is 0.322 e. The summed E-state index contributed by atoms with van der Waals surface area (Å²) in [5.74, 6) is -0.205. The van der Waals surface area contributed by atoms with Crippen molar-refractivity contribution in [3.8, 4) is 0 Å². The Labute approximate surface area is 118 Å². The SMILES string of the molecule is O=C1C[C@H]([NH+]2CC[NH+](Cc3ccccc3)CC2)C(=O)N1. The lowest BCUT2D eigenvalue weighted by Crippen LogP contribution is -3.29. The molecule has 1 aromatic carbocycles. The Balaban J connectivity index is 1.52. The van der Waals surface area contributed by atoms with Crippen molar-refractivity contribution in [2.75, 3.05) is 26.2 Å². The summed E-state index contributed by atoms with van der Waals surface area (Å²) in [6.45, 7) is 5.09. The van der Waals surface area contributed by atoms with E-state index in [-0.39, 0.29) is 17.9 Å². The second-order valence-corrected chi connectivity index (χ2v) is 5.74. The van der Waals surface area contributed by atoms with E-state index < -0.39 is 0 Å². The molecule has 2 fully saturated rings. The Morgan fingerprint density at radius 3 is 2.35 bits per heavy atom. The molecule has 2 aliphatic rings. The second-order valence-electron chi connectivity index (χ2n) is 5.74. The van der Waals surface area contributed by atoms with Crippen molar-refractivity contribution in [1.82, 2.24) is 5.32 Å². The monoisotopic (exact) mass is 275 g/mol. The van der Waals surface area contributed by atoms with Crippen molar-refractivity contribution >= 4 is 11.8 Å². The zero-order valence-corrected chi connectivity index (χ0v) is 11.5. The van der Waals surface area contributed by atoms with Crippen molar-refractivity contribution in [2.45, 2.75) is 19.0 Å². The van der Waals surface area contributed by atoms with Gasteiger partial charge in [-0.05, 0) is 0 Å². The Kier molecular flexibility index (Phi) is 3.80. The third-order valence-corrected chi connectivity index (χ3v) is 4.36. The molecule has 0 aliphatic carbocycles. The van der Waals surface area contributed by atoms with Crippen LogP contribution in [0.15, 0.2) is 30.3 Å². The molecule has 0 unspecified atom stereocenters. The van der Waals surface area contributed by atoms with E-state index in [0.29, 0.717) is 6.42 Å². The number of nitrogens with one attached hydrogen (secondary N) is 3. The van der Waals surface area contributed by atoms with Crippen molar-refractivity contribution in [3.63, 3.8) is 0 Å². The smallest absolute Gasteiger partial charge is 0.285 e. The summed E-state index contributed by atoms with van der Waals surface area (Å²) >= 11 is 0. The van der Waals surface area contributed by atoms with Crippen LogP contribution in [0.3, 0.4) is 0 Å². The predicted molar refractivity (Wildman–Crippen MR) is 73.1 cm³/mol. The molecule has 3 rings (SSSR count). The fraction of sp³-hybridized carbons (Fsp3) is 0.467. The zero-order valence-electron chi connectivity index (χ0n) is 11.5. The molecular weight excluding hydrogens is 254 g/mol. The van der Waals surface area contributed by atoms with Crippen LogP contribution in [0.5, 0.6) is 0 Å². The van der Waals surface area contributed by atoms with Gasteiger partial charge < -0.3 is 9.80 Å². The molecule has 5 nitrogen and oxygen atoms in total. The van der Waals surface area contributed by atoms with Crippen LogP contribution in [-0.2, 0) is 16.1 Å². The number of hydrogen-bond donors (Lipinski definition) is 3. The molecule has 0 radical (unpaired) electrons. The van der Waals surface area contributed by atoms with Gasteiger partial charge in [-0.3, -0.25) is 14.9 Å². The molecule has 106 valence electrons. The van der Waals surface area contributed by atoms with E-state index in [4.69, 9.17) is 0 Å². The van der Waals surface area contributed by atoms with Gasteiger partial charge >= 0.3 is 0 Å². The molecule has 5 heteroatoms. The first-order chi connectivity index (χ1) is 9.72. The molecule has 2 saturated heterocycles. The lowest BCUT2D eigenvalue weighted by molar-refractivity contribution is -1.02. The van der Waals surface area contributed by atoms with Crippen molar-refractivity contribution in [3.05, 3.63) is 35.9 Å². The number of piperazine rings is 1. The van der Waals surface area contributed by atoms with Crippen LogP contribution in [-0.4, -0.2) is 44.0 Å². The number of imide groups is 1. The minimum absolute atomic E-state index is 0.0866. The van der Waals surface area contributed by atoms with Gasteiger partial charge in [-0.15, -0.1) is 0 Å². The van der Waals surface area contributed by atoms with Gasteiger partial charge in [0.1, 0.15) is 32.7 Å². The predicted octanol–water partition coefficient (Wildman–Crippen LogP) is -2.61. The molecular formula is C15H21N3O2+2. The van der Waals surface area contributed by atoms with Crippen molar-refractivity contribution < 1.29 is 19.4 Å². The van der Waals surface area contributed by atoms with Crippen molar-refractivity contribution in [2.24, 2.45) is 0 Å². The van der Waals surface area contributed by atoms with Crippen LogP contribution >= 0.6 is 0 Å². The Hall–Kier alpha value is -1.72. The quantitative estimate of drug-likeness (QED) is 0.529. The van der Waals surface area contributed by atoms with E-state index in [1.165, 1.54) is 10.5 Å². The molecule has 1 atom stereocenters. The van der Waals surface area contributed by atoms with Gasteiger partial charge in [0.15, 0.2) is 6.04 Å². The molecule has 0 aromatic heterocycles. The molecule has 2 amide bonds. The zero-order chi connectivity index (χ0) is 13.9. The van der Waals surface area contributed by atoms with Crippen LogP contribution in [0.1, 0.15) is 12.0 Å². The average Bonchev–Trinajstić information content (AvgIpc) is 2.80. The fourth-order valence-electron chi connectivity index (χ4n) is 3.22. The first-order valence-electron chi connectivity index (χ1n) is 7.28. The summed E-state index contributed by atoms with van der Waals surface area (Å²) in [6.07, 6.45) is 0.363. The third-order valence-electron chi connectivity index (χ3n) is 4.36. The molecule has 0 saturated carbocycles. The van der Waals surface area contributed by atoms with Gasteiger partial charge in [-0.25, -0.2) is 0 Å². The topological polar surface area (TPSA) is 55.1 Å². The number of amides is 2. The lowest BCUT2D eigenvalue weighted by Gasteiger charge is -2.31. The number of hydrogen-bond acceptors (Lipinski definition) is 2. The Morgan fingerprint density at radius 2 is 1.75 bits per heavy atom. The Bertz CT molecular complexity index is 495. The maximum absolute atomic E-state index is 11.7. The molecule has 20 heavy (non-hydrogen) atoms. The van der Waals surface area contributed by atoms with Crippen LogP contribution in [0, 0.1) is 0 Å². The molecule has 1 aromatic rings. The number of rotatable bonds is 3. The standard InChI is InChI=1S/C15H19N3O2/c19-14-10-13(15(20)16-14)18-8-6-17(7-9-18)11-12-4-2-1-3-5-12/h1-5,13H,6-11H2,(H,16,19,20)/p+2/t13-/m0/s1. The molecule has 0 spiro atoms. The normalized spacial score (nSPS) is 30.3.